The second kappa shape index (κ2) is 10.2. The van der Waals surface area contributed by atoms with Crippen molar-refractivity contribution < 1.29 is 19.2 Å². The molecule has 29 heavy (non-hydrogen) atoms. The first kappa shape index (κ1) is 21.1. The summed E-state index contributed by atoms with van der Waals surface area (Å²) >= 11 is 0. The molecule has 0 aromatic heterocycles. The number of nitro benzene ring substituents is 1. The predicted molar refractivity (Wildman–Crippen MR) is 105 cm³/mol. The highest BCUT2D eigenvalue weighted by atomic mass is 16.6. The third-order valence-electron chi connectivity index (χ3n) is 3.70. The Morgan fingerprint density at radius 3 is 2.59 bits per heavy atom. The van der Waals surface area contributed by atoms with Gasteiger partial charge in [-0.3, -0.25) is 14.9 Å². The molecule has 9 nitrogen and oxygen atoms in total. The van der Waals surface area contributed by atoms with Crippen molar-refractivity contribution in [1.82, 2.24) is 5.32 Å². The molecular formula is C20H18N4O5. The van der Waals surface area contributed by atoms with Crippen molar-refractivity contribution in [2.45, 2.75) is 13.5 Å². The number of hydrogen-bond acceptors (Lipinski definition) is 7. The van der Waals surface area contributed by atoms with E-state index in [1.807, 2.05) is 0 Å². The van der Waals surface area contributed by atoms with Crippen LogP contribution in [0.4, 0.5) is 11.4 Å². The van der Waals surface area contributed by atoms with Crippen LogP contribution in [0.1, 0.15) is 22.8 Å². The average Bonchev–Trinajstić information content (AvgIpc) is 2.72. The smallest absolute Gasteiger partial charge is 0.338 e. The molecule has 0 bridgehead atoms. The summed E-state index contributed by atoms with van der Waals surface area (Å²) in [6.45, 7) is 2.34. The van der Waals surface area contributed by atoms with Crippen molar-refractivity contribution in [3.8, 4) is 6.07 Å². The van der Waals surface area contributed by atoms with Gasteiger partial charge in [0, 0.05) is 30.6 Å². The van der Waals surface area contributed by atoms with Gasteiger partial charge < -0.3 is 15.4 Å². The molecule has 0 fully saturated rings. The summed E-state index contributed by atoms with van der Waals surface area (Å²) in [6, 6.07) is 13.9. The van der Waals surface area contributed by atoms with Crippen LogP contribution in [-0.2, 0) is 16.1 Å². The van der Waals surface area contributed by atoms with Crippen LogP contribution in [0.2, 0.25) is 0 Å². The van der Waals surface area contributed by atoms with E-state index in [0.717, 1.165) is 5.56 Å². The van der Waals surface area contributed by atoms with Gasteiger partial charge in [0.15, 0.2) is 0 Å². The van der Waals surface area contributed by atoms with E-state index in [1.165, 1.54) is 30.5 Å². The number of carbonyl (C=O) groups is 2. The van der Waals surface area contributed by atoms with E-state index in [4.69, 9.17) is 4.74 Å². The van der Waals surface area contributed by atoms with Gasteiger partial charge in [0.1, 0.15) is 11.6 Å². The minimum absolute atomic E-state index is 0.172. The molecule has 2 rings (SSSR count). The minimum atomic E-state index is -0.696. The van der Waals surface area contributed by atoms with Crippen molar-refractivity contribution in [3.05, 3.63) is 81.5 Å². The third-order valence-corrected chi connectivity index (χ3v) is 3.70. The summed E-state index contributed by atoms with van der Waals surface area (Å²) in [6.07, 6.45) is 1.26. The van der Waals surface area contributed by atoms with Gasteiger partial charge >= 0.3 is 5.97 Å². The van der Waals surface area contributed by atoms with Crippen LogP contribution in [0, 0.1) is 21.4 Å². The molecule has 0 aliphatic carbocycles. The maximum atomic E-state index is 12.2. The predicted octanol–water partition coefficient (Wildman–Crippen LogP) is 2.91. The molecule has 2 aromatic carbocycles. The summed E-state index contributed by atoms with van der Waals surface area (Å²) in [7, 11) is 0. The second-order valence-corrected chi connectivity index (χ2v) is 5.73. The number of nitriles is 1. The van der Waals surface area contributed by atoms with E-state index in [-0.39, 0.29) is 16.9 Å². The van der Waals surface area contributed by atoms with E-state index < -0.39 is 16.8 Å². The van der Waals surface area contributed by atoms with Crippen molar-refractivity contribution in [2.75, 3.05) is 11.9 Å². The van der Waals surface area contributed by atoms with Gasteiger partial charge in [-0.1, -0.05) is 18.2 Å². The van der Waals surface area contributed by atoms with Gasteiger partial charge in [-0.2, -0.15) is 5.26 Å². The van der Waals surface area contributed by atoms with Gasteiger partial charge in [-0.05, 0) is 30.7 Å². The lowest BCUT2D eigenvalue weighted by atomic mass is 10.1. The number of esters is 1. The Hall–Kier alpha value is -4.19. The second-order valence-electron chi connectivity index (χ2n) is 5.73. The molecule has 0 heterocycles. The van der Waals surface area contributed by atoms with E-state index >= 15 is 0 Å². The summed E-state index contributed by atoms with van der Waals surface area (Å²) in [5.74, 6) is -1.10. The molecule has 2 aromatic rings. The fraction of sp³-hybridized carbons (Fsp3) is 0.150. The van der Waals surface area contributed by atoms with E-state index in [2.05, 4.69) is 10.6 Å². The number of nitrogens with one attached hydrogen (secondary N) is 2. The van der Waals surface area contributed by atoms with Crippen molar-refractivity contribution in [3.63, 3.8) is 0 Å². The van der Waals surface area contributed by atoms with E-state index in [9.17, 15) is 25.0 Å². The Morgan fingerprint density at radius 1 is 1.24 bits per heavy atom. The Balaban J connectivity index is 1.97. The van der Waals surface area contributed by atoms with Gasteiger partial charge in [0.25, 0.3) is 11.6 Å². The van der Waals surface area contributed by atoms with Gasteiger partial charge in [-0.25, -0.2) is 4.79 Å². The average molecular weight is 394 g/mol. The van der Waals surface area contributed by atoms with Crippen LogP contribution >= 0.6 is 0 Å². The molecule has 0 spiro atoms. The fourth-order valence-corrected chi connectivity index (χ4v) is 2.29. The van der Waals surface area contributed by atoms with Crippen LogP contribution in [-0.4, -0.2) is 23.4 Å². The first-order valence-corrected chi connectivity index (χ1v) is 8.60. The number of non-ortho nitro benzene ring substituents is 1. The summed E-state index contributed by atoms with van der Waals surface area (Å²) in [5.41, 5.74) is 1.10. The number of anilines is 1. The minimum Gasteiger partial charge on any atom is -0.462 e. The molecule has 0 saturated carbocycles. The number of benzene rings is 2. The highest BCUT2D eigenvalue weighted by Crippen LogP contribution is 2.17. The van der Waals surface area contributed by atoms with Gasteiger partial charge in [0.05, 0.1) is 17.1 Å². The van der Waals surface area contributed by atoms with Crippen LogP contribution in [0.5, 0.6) is 0 Å². The first-order valence-electron chi connectivity index (χ1n) is 8.60. The highest BCUT2D eigenvalue weighted by Gasteiger charge is 2.12. The first-order chi connectivity index (χ1) is 13.9. The maximum absolute atomic E-state index is 12.2. The van der Waals surface area contributed by atoms with Crippen molar-refractivity contribution >= 4 is 23.3 Å². The molecule has 0 saturated heterocycles. The van der Waals surface area contributed by atoms with E-state index in [0.29, 0.717) is 18.7 Å². The number of carbonyl (C=O) groups excluding carboxylic acids is 2. The number of hydrogen-bond donors (Lipinski definition) is 2. The SMILES string of the molecule is CCOC(=O)c1ccc(CN/C=C(/C#N)C(=O)Nc2cccc([N+](=O)[O-])c2)cc1. The van der Waals surface area contributed by atoms with Crippen molar-refractivity contribution in [1.29, 1.82) is 5.26 Å². The standard InChI is InChI=1S/C20H18N4O5/c1-2-29-20(26)15-8-6-14(7-9-15)12-22-13-16(11-21)19(25)23-17-4-3-5-18(10-17)24(27)28/h3-10,13,22H,2,12H2,1H3,(H,23,25)/b16-13-. The summed E-state index contributed by atoms with van der Waals surface area (Å²) in [5, 5.41) is 25.3. The normalized spacial score (nSPS) is 10.6. The number of nitrogens with zero attached hydrogens (tertiary/aromatic N) is 2. The zero-order chi connectivity index (χ0) is 21.2. The molecule has 0 radical (unpaired) electrons. The van der Waals surface area contributed by atoms with Gasteiger partial charge in [0.2, 0.25) is 0 Å². The Labute approximate surface area is 166 Å². The lowest BCUT2D eigenvalue weighted by molar-refractivity contribution is -0.384. The summed E-state index contributed by atoms with van der Waals surface area (Å²) in [4.78, 5) is 34.0. The Kier molecular flexibility index (Phi) is 7.44. The van der Waals surface area contributed by atoms with E-state index in [1.54, 1.807) is 37.3 Å². The third kappa shape index (κ3) is 6.18. The molecular weight excluding hydrogens is 376 g/mol. The lowest BCUT2D eigenvalue weighted by Crippen LogP contribution is -2.16. The molecule has 0 aliphatic rings. The Bertz CT molecular complexity index is 977. The Morgan fingerprint density at radius 2 is 1.97 bits per heavy atom. The van der Waals surface area contributed by atoms with Crippen molar-refractivity contribution in [2.24, 2.45) is 0 Å². The lowest BCUT2D eigenvalue weighted by Gasteiger charge is -2.06. The molecule has 0 aliphatic heterocycles. The quantitative estimate of drug-likeness (QED) is 0.231. The van der Waals surface area contributed by atoms with Crippen LogP contribution < -0.4 is 10.6 Å². The molecule has 0 atom stereocenters. The van der Waals surface area contributed by atoms with Gasteiger partial charge in [-0.15, -0.1) is 0 Å². The maximum Gasteiger partial charge on any atom is 0.338 e. The highest BCUT2D eigenvalue weighted by molar-refractivity contribution is 6.06. The van der Waals surface area contributed by atoms with Crippen LogP contribution in [0.3, 0.4) is 0 Å². The topological polar surface area (TPSA) is 134 Å². The molecule has 9 heteroatoms. The summed E-state index contributed by atoms with van der Waals surface area (Å²) < 4.78 is 4.91. The zero-order valence-corrected chi connectivity index (χ0v) is 15.5. The number of rotatable bonds is 8. The number of ether oxygens (including phenoxy) is 1. The molecule has 2 N–H and O–H groups in total. The number of nitro groups is 1. The van der Waals surface area contributed by atoms with Crippen LogP contribution in [0.25, 0.3) is 0 Å². The van der Waals surface area contributed by atoms with Crippen LogP contribution in [0.15, 0.2) is 60.3 Å². The fourth-order valence-electron chi connectivity index (χ4n) is 2.29. The number of amides is 1. The zero-order valence-electron chi connectivity index (χ0n) is 15.5. The largest absolute Gasteiger partial charge is 0.462 e. The monoisotopic (exact) mass is 394 g/mol. The molecule has 148 valence electrons. The molecule has 0 unspecified atom stereocenters. The molecule has 1 amide bonds.